The summed E-state index contributed by atoms with van der Waals surface area (Å²) in [5, 5.41) is 0.604. The quantitative estimate of drug-likeness (QED) is 0.466. The van der Waals surface area contributed by atoms with Crippen LogP contribution in [0.25, 0.3) is 10.2 Å². The molecule has 4 rings (SSSR count). The number of aromatic nitrogens is 1. The van der Waals surface area contributed by atoms with Crippen molar-refractivity contribution in [1.29, 1.82) is 0 Å². The van der Waals surface area contributed by atoms with Gasteiger partial charge in [-0.05, 0) is 48.9 Å². The van der Waals surface area contributed by atoms with Crippen LogP contribution in [0.5, 0.6) is 0 Å². The second-order valence-electron chi connectivity index (χ2n) is 6.90. The number of fused-ring (bicyclic) bond motifs is 1. The Morgan fingerprint density at radius 1 is 1.06 bits per heavy atom. The fourth-order valence-electron chi connectivity index (χ4n) is 3.19. The summed E-state index contributed by atoms with van der Waals surface area (Å²) in [6, 6.07) is 18.0. The zero-order chi connectivity index (χ0) is 22.2. The first-order valence-electron chi connectivity index (χ1n) is 9.28. The lowest BCUT2D eigenvalue weighted by Gasteiger charge is -2.08. The van der Waals surface area contributed by atoms with E-state index in [1.807, 2.05) is 30.7 Å². The molecule has 1 aromatic heterocycles. The third-order valence-electron chi connectivity index (χ3n) is 4.71. The van der Waals surface area contributed by atoms with Gasteiger partial charge in [0.2, 0.25) is 0 Å². The zero-order valence-electron chi connectivity index (χ0n) is 16.7. The maximum Gasteiger partial charge on any atom is 0.279 e. The molecular formula is C22H18ClN3O3S2. The Bertz CT molecular complexity index is 1470. The van der Waals surface area contributed by atoms with E-state index in [2.05, 4.69) is 9.71 Å². The summed E-state index contributed by atoms with van der Waals surface area (Å²) in [5.74, 6) is -0.475. The number of carbonyl (C=O) groups is 1. The SMILES string of the molecule is Cc1ccc(Cl)c2sc(=NC(=O)c3cccc(NS(=O)(=O)c4ccccc4)c3)n(C)c12. The summed E-state index contributed by atoms with van der Waals surface area (Å²) in [5.41, 5.74) is 2.51. The number of rotatable bonds is 4. The molecule has 4 aromatic rings. The molecule has 0 unspecified atom stereocenters. The van der Waals surface area contributed by atoms with E-state index in [1.165, 1.54) is 29.5 Å². The molecule has 6 nitrogen and oxygen atoms in total. The summed E-state index contributed by atoms with van der Waals surface area (Å²) in [6.45, 7) is 1.97. The van der Waals surface area contributed by atoms with Crippen LogP contribution < -0.4 is 9.52 Å². The van der Waals surface area contributed by atoms with Gasteiger partial charge in [-0.2, -0.15) is 4.99 Å². The number of halogens is 1. The number of hydrogen-bond acceptors (Lipinski definition) is 4. The van der Waals surface area contributed by atoms with Crippen LogP contribution in [0.2, 0.25) is 5.02 Å². The van der Waals surface area contributed by atoms with E-state index in [9.17, 15) is 13.2 Å². The monoisotopic (exact) mass is 471 g/mol. The summed E-state index contributed by atoms with van der Waals surface area (Å²) in [7, 11) is -1.92. The molecule has 0 aliphatic heterocycles. The summed E-state index contributed by atoms with van der Waals surface area (Å²) < 4.78 is 30.3. The van der Waals surface area contributed by atoms with E-state index < -0.39 is 15.9 Å². The number of nitrogens with zero attached hydrogens (tertiary/aromatic N) is 2. The second-order valence-corrected chi connectivity index (χ2v) is 9.97. The van der Waals surface area contributed by atoms with Gasteiger partial charge >= 0.3 is 0 Å². The Kier molecular flexibility index (Phi) is 5.70. The standard InChI is InChI=1S/C22H18ClN3O3S2/c1-14-11-12-18(23)20-19(14)26(2)22(30-20)24-21(27)15-7-6-8-16(13-15)25-31(28,29)17-9-4-3-5-10-17/h3-13,25H,1-2H3. The van der Waals surface area contributed by atoms with Crippen LogP contribution in [0.1, 0.15) is 15.9 Å². The van der Waals surface area contributed by atoms with E-state index in [0.717, 1.165) is 15.8 Å². The van der Waals surface area contributed by atoms with Crippen molar-refractivity contribution in [1.82, 2.24) is 4.57 Å². The third-order valence-corrected chi connectivity index (χ3v) is 7.70. The highest BCUT2D eigenvalue weighted by Crippen LogP contribution is 2.28. The van der Waals surface area contributed by atoms with Gasteiger partial charge in [0.05, 0.1) is 20.1 Å². The Morgan fingerprint density at radius 3 is 2.52 bits per heavy atom. The van der Waals surface area contributed by atoms with Crippen molar-refractivity contribution in [2.24, 2.45) is 12.0 Å². The van der Waals surface area contributed by atoms with Crippen LogP contribution in [-0.2, 0) is 17.1 Å². The molecule has 1 N–H and O–H groups in total. The van der Waals surface area contributed by atoms with Crippen molar-refractivity contribution in [3.63, 3.8) is 0 Å². The van der Waals surface area contributed by atoms with Crippen LogP contribution in [0.4, 0.5) is 5.69 Å². The highest BCUT2D eigenvalue weighted by molar-refractivity contribution is 7.92. The van der Waals surface area contributed by atoms with Gasteiger partial charge in [-0.1, -0.05) is 53.3 Å². The maximum absolute atomic E-state index is 12.8. The zero-order valence-corrected chi connectivity index (χ0v) is 19.1. The summed E-state index contributed by atoms with van der Waals surface area (Å²) in [4.78, 5) is 17.7. The number of benzene rings is 3. The largest absolute Gasteiger partial charge is 0.319 e. The Hall–Kier alpha value is -2.94. The molecule has 1 amide bonds. The Balaban J connectivity index is 1.68. The molecule has 3 aromatic carbocycles. The molecule has 0 atom stereocenters. The van der Waals surface area contributed by atoms with Gasteiger partial charge in [-0.3, -0.25) is 9.52 Å². The number of anilines is 1. The van der Waals surface area contributed by atoms with Crippen molar-refractivity contribution in [2.45, 2.75) is 11.8 Å². The molecular weight excluding hydrogens is 454 g/mol. The predicted molar refractivity (Wildman–Crippen MR) is 124 cm³/mol. The highest BCUT2D eigenvalue weighted by atomic mass is 35.5. The fraction of sp³-hybridized carbons (Fsp3) is 0.0909. The minimum absolute atomic E-state index is 0.140. The normalized spacial score (nSPS) is 12.3. The molecule has 0 radical (unpaired) electrons. The predicted octanol–water partition coefficient (Wildman–Crippen LogP) is 4.74. The van der Waals surface area contributed by atoms with Crippen molar-refractivity contribution in [2.75, 3.05) is 4.72 Å². The van der Waals surface area contributed by atoms with Crippen LogP contribution in [-0.4, -0.2) is 18.9 Å². The van der Waals surface area contributed by atoms with E-state index in [0.29, 0.717) is 9.82 Å². The summed E-state index contributed by atoms with van der Waals surface area (Å²) >= 11 is 7.64. The van der Waals surface area contributed by atoms with Gasteiger partial charge in [-0.25, -0.2) is 8.42 Å². The molecule has 0 saturated heterocycles. The van der Waals surface area contributed by atoms with Crippen LogP contribution in [0.15, 0.2) is 76.6 Å². The molecule has 0 aliphatic rings. The molecule has 9 heteroatoms. The molecule has 0 fully saturated rings. The van der Waals surface area contributed by atoms with E-state index in [1.54, 1.807) is 36.4 Å². The number of carbonyl (C=O) groups excluding carboxylic acids is 1. The average Bonchev–Trinajstić information content (AvgIpc) is 3.08. The average molecular weight is 472 g/mol. The lowest BCUT2D eigenvalue weighted by Crippen LogP contribution is -2.15. The van der Waals surface area contributed by atoms with Gasteiger partial charge in [0, 0.05) is 18.3 Å². The number of hydrogen-bond donors (Lipinski definition) is 1. The first-order valence-corrected chi connectivity index (χ1v) is 12.0. The van der Waals surface area contributed by atoms with Gasteiger partial charge in [0.1, 0.15) is 0 Å². The van der Waals surface area contributed by atoms with Gasteiger partial charge in [0.25, 0.3) is 15.9 Å². The van der Waals surface area contributed by atoms with Crippen molar-refractivity contribution >= 4 is 54.8 Å². The second kappa shape index (κ2) is 8.30. The van der Waals surface area contributed by atoms with E-state index >= 15 is 0 Å². The highest BCUT2D eigenvalue weighted by Gasteiger charge is 2.15. The van der Waals surface area contributed by atoms with E-state index in [4.69, 9.17) is 11.6 Å². The Labute approximate surface area is 188 Å². The van der Waals surface area contributed by atoms with Crippen molar-refractivity contribution in [3.8, 4) is 0 Å². The number of sulfonamides is 1. The first-order chi connectivity index (χ1) is 14.8. The smallest absolute Gasteiger partial charge is 0.279 e. The van der Waals surface area contributed by atoms with Gasteiger partial charge in [-0.15, -0.1) is 0 Å². The molecule has 158 valence electrons. The van der Waals surface area contributed by atoms with Crippen molar-refractivity contribution < 1.29 is 13.2 Å². The molecule has 31 heavy (non-hydrogen) atoms. The van der Waals surface area contributed by atoms with Crippen molar-refractivity contribution in [3.05, 3.63) is 87.7 Å². The van der Waals surface area contributed by atoms with Crippen LogP contribution in [0.3, 0.4) is 0 Å². The molecule has 0 spiro atoms. The minimum Gasteiger partial charge on any atom is -0.319 e. The van der Waals surface area contributed by atoms with Crippen LogP contribution >= 0.6 is 22.9 Å². The lowest BCUT2D eigenvalue weighted by atomic mass is 10.2. The number of thiazole rings is 1. The van der Waals surface area contributed by atoms with E-state index in [-0.39, 0.29) is 16.1 Å². The topological polar surface area (TPSA) is 80.5 Å². The maximum atomic E-state index is 12.8. The fourth-order valence-corrected chi connectivity index (χ4v) is 5.63. The van der Waals surface area contributed by atoms with Gasteiger partial charge in [0.15, 0.2) is 4.80 Å². The van der Waals surface area contributed by atoms with Gasteiger partial charge < -0.3 is 4.57 Å². The Morgan fingerprint density at radius 2 is 1.81 bits per heavy atom. The van der Waals surface area contributed by atoms with Crippen LogP contribution in [0, 0.1) is 6.92 Å². The summed E-state index contributed by atoms with van der Waals surface area (Å²) in [6.07, 6.45) is 0. The number of amides is 1. The molecule has 0 saturated carbocycles. The molecule has 0 aliphatic carbocycles. The number of nitrogens with one attached hydrogen (secondary N) is 1. The lowest BCUT2D eigenvalue weighted by molar-refractivity contribution is 0.0998. The number of aryl methyl sites for hydroxylation is 2. The molecule has 1 heterocycles. The first kappa shape index (κ1) is 21.3. The third kappa shape index (κ3) is 4.27. The minimum atomic E-state index is -3.76. The molecule has 0 bridgehead atoms.